The number of nitrogens with one attached hydrogen (secondary N) is 1. The molecule has 4 nitrogen and oxygen atoms in total. The number of rotatable bonds is 3. The third-order valence-electron chi connectivity index (χ3n) is 3.90. The van der Waals surface area contributed by atoms with Crippen LogP contribution in [0.3, 0.4) is 0 Å². The minimum absolute atomic E-state index is 0.290. The van der Waals surface area contributed by atoms with E-state index >= 15 is 0 Å². The lowest BCUT2D eigenvalue weighted by Crippen LogP contribution is -2.35. The van der Waals surface area contributed by atoms with Crippen LogP contribution in [-0.2, 0) is 11.2 Å². The molecule has 1 aromatic rings. The van der Waals surface area contributed by atoms with Crippen LogP contribution >= 0.6 is 11.6 Å². The summed E-state index contributed by atoms with van der Waals surface area (Å²) in [4.78, 5) is 13.7. The second-order valence-electron chi connectivity index (χ2n) is 5.48. The fourth-order valence-electron chi connectivity index (χ4n) is 2.66. The van der Waals surface area contributed by atoms with Crippen LogP contribution < -0.4 is 5.32 Å². The van der Waals surface area contributed by atoms with E-state index in [1.807, 2.05) is 30.3 Å². The van der Waals surface area contributed by atoms with E-state index in [0.717, 1.165) is 30.6 Å². The van der Waals surface area contributed by atoms with Gasteiger partial charge in [-0.1, -0.05) is 23.7 Å². The molecule has 1 amide bonds. The number of benzene rings is 1. The number of hydrogen-bond acceptors (Lipinski definition) is 3. The van der Waals surface area contributed by atoms with Gasteiger partial charge in [-0.3, -0.25) is 4.90 Å². The Morgan fingerprint density at radius 1 is 1.32 bits per heavy atom. The number of halogens is 1. The maximum absolute atomic E-state index is 12.1. The number of hydrogen-bond donors (Lipinski definition) is 1. The van der Waals surface area contributed by atoms with E-state index in [-0.39, 0.29) is 6.09 Å². The van der Waals surface area contributed by atoms with Gasteiger partial charge in [-0.2, -0.15) is 0 Å². The van der Waals surface area contributed by atoms with Gasteiger partial charge in [0.25, 0.3) is 0 Å². The van der Waals surface area contributed by atoms with Gasteiger partial charge in [0.2, 0.25) is 0 Å². The van der Waals surface area contributed by atoms with Crippen LogP contribution in [0.15, 0.2) is 47.8 Å². The minimum Gasteiger partial charge on any atom is -0.449 e. The van der Waals surface area contributed by atoms with E-state index in [0.29, 0.717) is 24.6 Å². The van der Waals surface area contributed by atoms with Crippen LogP contribution in [0.25, 0.3) is 0 Å². The SMILES string of the molecule is O=C(OCCc1ccc(Cl)cc1)N1C=CC2=C(CCCN2)C1. The monoisotopic (exact) mass is 318 g/mol. The summed E-state index contributed by atoms with van der Waals surface area (Å²) < 4.78 is 5.36. The van der Waals surface area contributed by atoms with E-state index in [9.17, 15) is 4.79 Å². The van der Waals surface area contributed by atoms with Crippen LogP contribution in [0, 0.1) is 0 Å². The third-order valence-corrected chi connectivity index (χ3v) is 4.15. The second kappa shape index (κ2) is 6.88. The molecule has 2 aliphatic rings. The second-order valence-corrected chi connectivity index (χ2v) is 5.92. The Morgan fingerprint density at radius 2 is 2.14 bits per heavy atom. The molecule has 5 heteroatoms. The Labute approximate surface area is 135 Å². The van der Waals surface area contributed by atoms with Gasteiger partial charge in [0, 0.05) is 29.9 Å². The van der Waals surface area contributed by atoms with Gasteiger partial charge < -0.3 is 10.1 Å². The first-order chi connectivity index (χ1) is 10.7. The maximum atomic E-state index is 12.1. The van der Waals surface area contributed by atoms with Crippen molar-refractivity contribution in [1.29, 1.82) is 0 Å². The van der Waals surface area contributed by atoms with Gasteiger partial charge in [-0.15, -0.1) is 0 Å². The van der Waals surface area contributed by atoms with E-state index in [1.165, 1.54) is 5.57 Å². The van der Waals surface area contributed by atoms with Crippen LogP contribution in [-0.4, -0.2) is 30.7 Å². The van der Waals surface area contributed by atoms with Crippen molar-refractivity contribution in [3.63, 3.8) is 0 Å². The molecule has 0 saturated heterocycles. The Bertz CT molecular complexity index is 608. The summed E-state index contributed by atoms with van der Waals surface area (Å²) in [5.41, 5.74) is 3.55. The molecule has 0 unspecified atom stereocenters. The Hall–Kier alpha value is -1.94. The van der Waals surface area contributed by atoms with Crippen molar-refractivity contribution < 1.29 is 9.53 Å². The highest BCUT2D eigenvalue weighted by Crippen LogP contribution is 2.21. The van der Waals surface area contributed by atoms with Crippen molar-refractivity contribution >= 4 is 17.7 Å². The van der Waals surface area contributed by atoms with Gasteiger partial charge in [0.1, 0.15) is 0 Å². The summed E-state index contributed by atoms with van der Waals surface area (Å²) in [5, 5.41) is 4.07. The van der Waals surface area contributed by atoms with Crippen molar-refractivity contribution in [3.8, 4) is 0 Å². The number of allylic oxidation sites excluding steroid dienone is 1. The Kier molecular flexibility index (Phi) is 4.68. The lowest BCUT2D eigenvalue weighted by molar-refractivity contribution is 0.119. The number of amides is 1. The molecule has 0 fully saturated rings. The van der Waals surface area contributed by atoms with Crippen molar-refractivity contribution in [2.45, 2.75) is 19.3 Å². The summed E-state index contributed by atoms with van der Waals surface area (Å²) in [6.07, 6.45) is 6.31. The zero-order chi connectivity index (χ0) is 15.4. The molecule has 0 spiro atoms. The van der Waals surface area contributed by atoms with E-state index < -0.39 is 0 Å². The molecule has 2 aliphatic heterocycles. The predicted octanol–water partition coefficient (Wildman–Crippen LogP) is 3.49. The lowest BCUT2D eigenvalue weighted by Gasteiger charge is -2.28. The molecule has 22 heavy (non-hydrogen) atoms. The van der Waals surface area contributed by atoms with Crippen LogP contribution in [0.2, 0.25) is 5.02 Å². The molecule has 0 atom stereocenters. The summed E-state index contributed by atoms with van der Waals surface area (Å²) in [5.74, 6) is 0. The summed E-state index contributed by atoms with van der Waals surface area (Å²) in [7, 11) is 0. The molecule has 0 bridgehead atoms. The lowest BCUT2D eigenvalue weighted by atomic mass is 10.0. The molecule has 3 rings (SSSR count). The highest BCUT2D eigenvalue weighted by molar-refractivity contribution is 6.30. The number of carbonyl (C=O) groups excluding carboxylic acids is 1. The number of carbonyl (C=O) groups is 1. The van der Waals surface area contributed by atoms with Crippen molar-refractivity contribution in [2.75, 3.05) is 19.7 Å². The van der Waals surface area contributed by atoms with Gasteiger partial charge in [0.05, 0.1) is 13.2 Å². The third kappa shape index (κ3) is 3.63. The zero-order valence-corrected chi connectivity index (χ0v) is 13.1. The average Bonchev–Trinajstić information content (AvgIpc) is 2.56. The Balaban J connectivity index is 1.48. The predicted molar refractivity (Wildman–Crippen MR) is 86.6 cm³/mol. The van der Waals surface area contributed by atoms with E-state index in [4.69, 9.17) is 16.3 Å². The molecule has 1 aromatic carbocycles. The summed E-state index contributed by atoms with van der Waals surface area (Å²) in [6.45, 7) is 2.00. The first-order valence-corrected chi connectivity index (χ1v) is 7.92. The molecule has 116 valence electrons. The molecule has 0 aliphatic carbocycles. The number of nitrogens with zero attached hydrogens (tertiary/aromatic N) is 1. The number of ether oxygens (including phenoxy) is 1. The summed E-state index contributed by atoms with van der Waals surface area (Å²) >= 11 is 5.84. The first-order valence-electron chi connectivity index (χ1n) is 7.54. The van der Waals surface area contributed by atoms with Crippen LogP contribution in [0.5, 0.6) is 0 Å². The first kappa shape index (κ1) is 15.0. The van der Waals surface area contributed by atoms with E-state index in [1.54, 1.807) is 11.1 Å². The van der Waals surface area contributed by atoms with Gasteiger partial charge in [0.15, 0.2) is 0 Å². The molecule has 0 radical (unpaired) electrons. The van der Waals surface area contributed by atoms with Gasteiger partial charge in [-0.25, -0.2) is 4.79 Å². The van der Waals surface area contributed by atoms with Crippen LogP contribution in [0.1, 0.15) is 18.4 Å². The largest absolute Gasteiger partial charge is 0.449 e. The van der Waals surface area contributed by atoms with Crippen molar-refractivity contribution in [1.82, 2.24) is 10.2 Å². The molecule has 2 heterocycles. The standard InChI is InChI=1S/C17H19ClN2O2/c18-15-5-3-13(4-6-15)8-11-22-17(21)20-10-7-16-14(12-20)2-1-9-19-16/h3-7,10,19H,1-2,8-9,11-12H2. The normalized spacial score (nSPS) is 17.0. The highest BCUT2D eigenvalue weighted by Gasteiger charge is 2.21. The van der Waals surface area contributed by atoms with Gasteiger partial charge in [-0.05, 0) is 42.2 Å². The topological polar surface area (TPSA) is 41.6 Å². The quantitative estimate of drug-likeness (QED) is 0.927. The molecular formula is C17H19ClN2O2. The van der Waals surface area contributed by atoms with Crippen molar-refractivity contribution in [3.05, 3.63) is 58.4 Å². The fraction of sp³-hybridized carbons (Fsp3) is 0.353. The minimum atomic E-state index is -0.290. The highest BCUT2D eigenvalue weighted by atomic mass is 35.5. The maximum Gasteiger partial charge on any atom is 0.414 e. The average molecular weight is 319 g/mol. The summed E-state index contributed by atoms with van der Waals surface area (Å²) in [6, 6.07) is 7.58. The van der Waals surface area contributed by atoms with Crippen LogP contribution in [0.4, 0.5) is 4.79 Å². The van der Waals surface area contributed by atoms with Gasteiger partial charge >= 0.3 is 6.09 Å². The molecule has 0 saturated carbocycles. The van der Waals surface area contributed by atoms with E-state index in [2.05, 4.69) is 5.32 Å². The Morgan fingerprint density at radius 3 is 2.95 bits per heavy atom. The molecule has 0 aromatic heterocycles. The fourth-order valence-corrected chi connectivity index (χ4v) is 2.79. The molecular weight excluding hydrogens is 300 g/mol. The smallest absolute Gasteiger partial charge is 0.414 e. The van der Waals surface area contributed by atoms with Crippen molar-refractivity contribution in [2.24, 2.45) is 0 Å². The molecule has 1 N–H and O–H groups in total. The zero-order valence-electron chi connectivity index (χ0n) is 12.3.